The van der Waals surface area contributed by atoms with E-state index >= 15 is 0 Å². The summed E-state index contributed by atoms with van der Waals surface area (Å²) in [5.41, 5.74) is 0. The molecule has 1 aromatic heterocycles. The fourth-order valence-electron chi connectivity index (χ4n) is 1.53. The minimum atomic E-state index is 0.107. The van der Waals surface area contributed by atoms with Gasteiger partial charge in [-0.3, -0.25) is 4.79 Å². The van der Waals surface area contributed by atoms with Crippen LogP contribution < -0.4 is 10.6 Å². The molecule has 3 nitrogen and oxygen atoms in total. The summed E-state index contributed by atoms with van der Waals surface area (Å²) >= 11 is 1.72. The van der Waals surface area contributed by atoms with Crippen LogP contribution in [-0.2, 0) is 4.79 Å². The van der Waals surface area contributed by atoms with Crippen molar-refractivity contribution in [2.45, 2.75) is 25.8 Å². The normalized spacial score (nSPS) is 17.1. The van der Waals surface area contributed by atoms with Gasteiger partial charge in [0.2, 0.25) is 5.91 Å². The summed E-state index contributed by atoms with van der Waals surface area (Å²) in [6, 6.07) is 4.38. The van der Waals surface area contributed by atoms with Crippen LogP contribution in [0.2, 0.25) is 0 Å². The van der Waals surface area contributed by atoms with Crippen LogP contribution in [0.3, 0.4) is 0 Å². The molecular formula is C12H18N2OS. The Kier molecular flexibility index (Phi) is 3.96. The lowest BCUT2D eigenvalue weighted by Gasteiger charge is -2.11. The average molecular weight is 238 g/mol. The third-order valence-corrected chi connectivity index (χ3v) is 3.88. The van der Waals surface area contributed by atoms with E-state index < -0.39 is 0 Å². The molecule has 1 aromatic rings. The van der Waals surface area contributed by atoms with Crippen molar-refractivity contribution >= 4 is 17.2 Å². The molecular weight excluding hydrogens is 220 g/mol. The third kappa shape index (κ3) is 3.61. The molecule has 1 aliphatic carbocycles. The van der Waals surface area contributed by atoms with E-state index in [2.05, 4.69) is 29.0 Å². The summed E-state index contributed by atoms with van der Waals surface area (Å²) in [6.45, 7) is 3.35. The number of amides is 1. The van der Waals surface area contributed by atoms with Gasteiger partial charge in [0, 0.05) is 17.5 Å². The van der Waals surface area contributed by atoms with Gasteiger partial charge in [-0.2, -0.15) is 0 Å². The van der Waals surface area contributed by atoms with Crippen LogP contribution in [0.4, 0.5) is 0 Å². The summed E-state index contributed by atoms with van der Waals surface area (Å²) in [5.74, 6) is 0.856. The molecule has 0 radical (unpaired) electrons. The Labute approximate surface area is 100 Å². The highest BCUT2D eigenvalue weighted by molar-refractivity contribution is 7.10. The maximum atomic E-state index is 11.5. The van der Waals surface area contributed by atoms with E-state index in [0.29, 0.717) is 6.54 Å². The highest BCUT2D eigenvalue weighted by atomic mass is 32.1. The second kappa shape index (κ2) is 5.46. The van der Waals surface area contributed by atoms with Crippen molar-refractivity contribution in [1.82, 2.24) is 10.6 Å². The number of nitrogens with one attached hydrogen (secondary N) is 2. The number of carbonyl (C=O) groups is 1. The van der Waals surface area contributed by atoms with Gasteiger partial charge < -0.3 is 10.6 Å². The standard InChI is InChI=1S/C12H18N2OS/c1-9(11-3-2-6-16-11)13-8-12(15)14-7-10-4-5-10/h2-3,6,9-10,13H,4-5,7-8H2,1H3,(H,14,15)/t9-/m1/s1. The topological polar surface area (TPSA) is 41.1 Å². The van der Waals surface area contributed by atoms with Crippen LogP contribution in [0.25, 0.3) is 0 Å². The van der Waals surface area contributed by atoms with Crippen LogP contribution in [0, 0.1) is 5.92 Å². The van der Waals surface area contributed by atoms with Gasteiger partial charge in [-0.1, -0.05) is 6.07 Å². The first kappa shape index (κ1) is 11.6. The fraction of sp³-hybridized carbons (Fsp3) is 0.583. The van der Waals surface area contributed by atoms with Crippen molar-refractivity contribution in [2.75, 3.05) is 13.1 Å². The van der Waals surface area contributed by atoms with Crippen molar-refractivity contribution in [1.29, 1.82) is 0 Å². The van der Waals surface area contributed by atoms with Gasteiger partial charge in [-0.05, 0) is 37.1 Å². The van der Waals surface area contributed by atoms with Crippen molar-refractivity contribution < 1.29 is 4.79 Å². The average Bonchev–Trinajstić information content (AvgIpc) is 2.95. The molecule has 0 saturated heterocycles. The van der Waals surface area contributed by atoms with Crippen LogP contribution >= 0.6 is 11.3 Å². The number of thiophene rings is 1. The molecule has 0 aromatic carbocycles. The maximum Gasteiger partial charge on any atom is 0.233 e. The van der Waals surface area contributed by atoms with Crippen LogP contribution in [0.5, 0.6) is 0 Å². The Balaban J connectivity index is 1.64. The van der Waals surface area contributed by atoms with Crippen molar-refractivity contribution in [3.63, 3.8) is 0 Å². The SMILES string of the molecule is C[C@@H](NCC(=O)NCC1CC1)c1cccs1. The molecule has 0 bridgehead atoms. The van der Waals surface area contributed by atoms with Crippen molar-refractivity contribution in [3.05, 3.63) is 22.4 Å². The number of hydrogen-bond donors (Lipinski definition) is 2. The van der Waals surface area contributed by atoms with Gasteiger partial charge in [0.1, 0.15) is 0 Å². The zero-order chi connectivity index (χ0) is 11.4. The van der Waals surface area contributed by atoms with Crippen LogP contribution in [0.15, 0.2) is 17.5 Å². The highest BCUT2D eigenvalue weighted by Gasteiger charge is 2.21. The van der Waals surface area contributed by atoms with E-state index in [4.69, 9.17) is 0 Å². The van der Waals surface area contributed by atoms with Crippen LogP contribution in [0.1, 0.15) is 30.7 Å². The van der Waals surface area contributed by atoms with E-state index in [1.165, 1.54) is 17.7 Å². The monoisotopic (exact) mass is 238 g/mol. The Morgan fingerprint density at radius 2 is 2.44 bits per heavy atom. The molecule has 88 valence electrons. The summed E-state index contributed by atoms with van der Waals surface area (Å²) < 4.78 is 0. The van der Waals surface area contributed by atoms with E-state index in [1.807, 2.05) is 6.07 Å². The first-order valence-corrected chi connectivity index (χ1v) is 6.67. The molecule has 2 rings (SSSR count). The Morgan fingerprint density at radius 1 is 1.62 bits per heavy atom. The van der Waals surface area contributed by atoms with Crippen molar-refractivity contribution in [2.24, 2.45) is 5.92 Å². The molecule has 1 heterocycles. The Bertz CT molecular complexity index is 333. The largest absolute Gasteiger partial charge is 0.355 e. The lowest BCUT2D eigenvalue weighted by molar-refractivity contribution is -0.120. The lowest BCUT2D eigenvalue weighted by Crippen LogP contribution is -2.35. The van der Waals surface area contributed by atoms with E-state index in [0.717, 1.165) is 12.5 Å². The van der Waals surface area contributed by atoms with Gasteiger partial charge >= 0.3 is 0 Å². The lowest BCUT2D eigenvalue weighted by atomic mass is 10.3. The van der Waals surface area contributed by atoms with Gasteiger partial charge in [0.25, 0.3) is 0 Å². The molecule has 0 unspecified atom stereocenters. The molecule has 1 saturated carbocycles. The second-order valence-electron chi connectivity index (χ2n) is 4.37. The maximum absolute atomic E-state index is 11.5. The molecule has 0 aliphatic heterocycles. The molecule has 2 N–H and O–H groups in total. The zero-order valence-corrected chi connectivity index (χ0v) is 10.3. The Hall–Kier alpha value is -0.870. The predicted molar refractivity (Wildman–Crippen MR) is 66.5 cm³/mol. The van der Waals surface area contributed by atoms with E-state index in [1.54, 1.807) is 11.3 Å². The van der Waals surface area contributed by atoms with Gasteiger partial charge in [-0.25, -0.2) is 0 Å². The fourth-order valence-corrected chi connectivity index (χ4v) is 2.29. The smallest absolute Gasteiger partial charge is 0.233 e. The molecule has 0 spiro atoms. The van der Waals surface area contributed by atoms with Gasteiger partial charge in [0.05, 0.1) is 6.54 Å². The summed E-state index contributed by atoms with van der Waals surface area (Å²) in [4.78, 5) is 12.8. The third-order valence-electron chi connectivity index (χ3n) is 2.82. The minimum Gasteiger partial charge on any atom is -0.355 e. The zero-order valence-electron chi connectivity index (χ0n) is 9.53. The summed E-state index contributed by atoms with van der Waals surface area (Å²) in [6.07, 6.45) is 2.55. The first-order chi connectivity index (χ1) is 7.75. The molecule has 1 fully saturated rings. The Morgan fingerprint density at radius 3 is 3.06 bits per heavy atom. The number of carbonyl (C=O) groups excluding carboxylic acids is 1. The van der Waals surface area contributed by atoms with E-state index in [-0.39, 0.29) is 11.9 Å². The molecule has 1 atom stereocenters. The highest BCUT2D eigenvalue weighted by Crippen LogP contribution is 2.27. The van der Waals surface area contributed by atoms with Gasteiger partial charge in [0.15, 0.2) is 0 Å². The molecule has 4 heteroatoms. The molecule has 1 amide bonds. The molecule has 16 heavy (non-hydrogen) atoms. The van der Waals surface area contributed by atoms with Gasteiger partial charge in [-0.15, -0.1) is 11.3 Å². The number of rotatable bonds is 6. The van der Waals surface area contributed by atoms with Crippen LogP contribution in [-0.4, -0.2) is 19.0 Å². The minimum absolute atomic E-state index is 0.107. The quantitative estimate of drug-likeness (QED) is 0.795. The predicted octanol–water partition coefficient (Wildman–Crippen LogP) is 1.92. The molecule has 1 aliphatic rings. The summed E-state index contributed by atoms with van der Waals surface area (Å²) in [5, 5.41) is 8.23. The first-order valence-electron chi connectivity index (χ1n) is 5.79. The summed E-state index contributed by atoms with van der Waals surface area (Å²) in [7, 11) is 0. The second-order valence-corrected chi connectivity index (χ2v) is 5.34. The number of hydrogen-bond acceptors (Lipinski definition) is 3. The van der Waals surface area contributed by atoms with Crippen molar-refractivity contribution in [3.8, 4) is 0 Å². The van der Waals surface area contributed by atoms with E-state index in [9.17, 15) is 4.79 Å².